The number of nitrogens with zero attached hydrogens (tertiary/aromatic N) is 1. The van der Waals surface area contributed by atoms with E-state index in [1.165, 1.54) is 24.3 Å². The smallest absolute Gasteiger partial charge is 0.315 e. The molecule has 1 saturated heterocycles. The van der Waals surface area contributed by atoms with Crippen molar-refractivity contribution in [1.29, 1.82) is 0 Å². The largest absolute Gasteiger partial charge is 0.338 e. The molecule has 3 amide bonds. The van der Waals surface area contributed by atoms with Gasteiger partial charge in [0.1, 0.15) is 5.82 Å². The average Bonchev–Trinajstić information content (AvgIpc) is 3.13. The summed E-state index contributed by atoms with van der Waals surface area (Å²) >= 11 is 5.86. The van der Waals surface area contributed by atoms with Crippen molar-refractivity contribution in [2.24, 2.45) is 5.41 Å². The van der Waals surface area contributed by atoms with E-state index in [4.69, 9.17) is 11.6 Å². The van der Waals surface area contributed by atoms with Crippen molar-refractivity contribution in [2.45, 2.75) is 31.8 Å². The molecule has 4 rings (SSSR count). The fraction of sp³-hybridized carbons (Fsp3) is 0.364. The Hall–Kier alpha value is -2.60. The van der Waals surface area contributed by atoms with Gasteiger partial charge in [-0.3, -0.25) is 4.79 Å². The number of rotatable bonds is 4. The standard InChI is InChI=1S/C22H23ClFN3O2/c23-17-5-1-15(2-6-17)13-25-21(29)26-19-11-22(12-19)9-10-27(14-22)20(28)16-3-7-18(24)8-4-16/h1-8,19H,9-14H2,(H2,25,26,29). The van der Waals surface area contributed by atoms with Crippen LogP contribution in [0.5, 0.6) is 0 Å². The highest BCUT2D eigenvalue weighted by Crippen LogP contribution is 2.48. The summed E-state index contributed by atoms with van der Waals surface area (Å²) in [4.78, 5) is 26.6. The minimum Gasteiger partial charge on any atom is -0.338 e. The maximum Gasteiger partial charge on any atom is 0.315 e. The molecule has 29 heavy (non-hydrogen) atoms. The second-order valence-electron chi connectivity index (χ2n) is 8.04. The van der Waals surface area contributed by atoms with Gasteiger partial charge in [-0.25, -0.2) is 9.18 Å². The molecule has 2 aliphatic rings. The zero-order chi connectivity index (χ0) is 20.4. The van der Waals surface area contributed by atoms with E-state index in [1.54, 1.807) is 12.1 Å². The first-order chi connectivity index (χ1) is 13.9. The van der Waals surface area contributed by atoms with Crippen LogP contribution in [0, 0.1) is 11.2 Å². The Morgan fingerprint density at radius 2 is 1.79 bits per heavy atom. The van der Waals surface area contributed by atoms with Crippen LogP contribution in [0.25, 0.3) is 0 Å². The number of hydrogen-bond donors (Lipinski definition) is 2. The van der Waals surface area contributed by atoms with Gasteiger partial charge in [0, 0.05) is 36.3 Å². The lowest BCUT2D eigenvalue weighted by molar-refractivity contribution is 0.0671. The Kier molecular flexibility index (Phi) is 5.46. The van der Waals surface area contributed by atoms with Gasteiger partial charge in [-0.15, -0.1) is 0 Å². The van der Waals surface area contributed by atoms with Gasteiger partial charge in [0.25, 0.3) is 5.91 Å². The molecular weight excluding hydrogens is 393 g/mol. The Labute approximate surface area is 174 Å². The molecule has 0 unspecified atom stereocenters. The van der Waals surface area contributed by atoms with Crippen molar-refractivity contribution in [3.8, 4) is 0 Å². The van der Waals surface area contributed by atoms with Crippen molar-refractivity contribution in [3.05, 3.63) is 70.5 Å². The van der Waals surface area contributed by atoms with Gasteiger partial charge in [-0.2, -0.15) is 0 Å². The molecule has 0 bridgehead atoms. The number of benzene rings is 2. The normalized spacial score (nSPS) is 23.0. The number of nitrogens with one attached hydrogen (secondary N) is 2. The third kappa shape index (κ3) is 4.53. The van der Waals surface area contributed by atoms with Crippen LogP contribution < -0.4 is 10.6 Å². The van der Waals surface area contributed by atoms with Crippen LogP contribution in [-0.2, 0) is 6.54 Å². The predicted octanol–water partition coefficient (Wildman–Crippen LogP) is 3.97. The molecule has 1 aliphatic heterocycles. The maximum atomic E-state index is 13.1. The number of hydrogen-bond acceptors (Lipinski definition) is 2. The van der Waals surface area contributed by atoms with Gasteiger partial charge in [0.15, 0.2) is 0 Å². The highest BCUT2D eigenvalue weighted by molar-refractivity contribution is 6.30. The van der Waals surface area contributed by atoms with Crippen molar-refractivity contribution in [1.82, 2.24) is 15.5 Å². The topological polar surface area (TPSA) is 61.4 Å². The minimum absolute atomic E-state index is 0.0565. The van der Waals surface area contributed by atoms with Crippen LogP contribution in [0.4, 0.5) is 9.18 Å². The third-order valence-corrected chi connectivity index (χ3v) is 6.13. The molecule has 1 saturated carbocycles. The summed E-state index contributed by atoms with van der Waals surface area (Å²) in [5, 5.41) is 6.54. The average molecular weight is 416 g/mol. The number of carbonyl (C=O) groups excluding carboxylic acids is 2. The Morgan fingerprint density at radius 3 is 2.48 bits per heavy atom. The Balaban J connectivity index is 1.22. The molecule has 0 aromatic heterocycles. The summed E-state index contributed by atoms with van der Waals surface area (Å²) in [6, 6.07) is 13.0. The van der Waals surface area contributed by atoms with Gasteiger partial charge in [0.2, 0.25) is 0 Å². The quantitative estimate of drug-likeness (QED) is 0.793. The zero-order valence-electron chi connectivity index (χ0n) is 16.0. The third-order valence-electron chi connectivity index (χ3n) is 5.88. The summed E-state index contributed by atoms with van der Waals surface area (Å²) in [5.74, 6) is -0.402. The number of likely N-dealkylation sites (tertiary alicyclic amines) is 1. The summed E-state index contributed by atoms with van der Waals surface area (Å²) in [7, 11) is 0. The summed E-state index contributed by atoms with van der Waals surface area (Å²) in [5.41, 5.74) is 1.59. The van der Waals surface area contributed by atoms with E-state index in [9.17, 15) is 14.0 Å². The number of halogens is 2. The second-order valence-corrected chi connectivity index (χ2v) is 8.48. The molecule has 1 spiro atoms. The monoisotopic (exact) mass is 415 g/mol. The molecule has 2 N–H and O–H groups in total. The molecule has 2 fully saturated rings. The van der Waals surface area contributed by atoms with Crippen LogP contribution in [0.1, 0.15) is 35.2 Å². The van der Waals surface area contributed by atoms with Gasteiger partial charge in [-0.05, 0) is 66.6 Å². The van der Waals surface area contributed by atoms with Crippen LogP contribution in [0.15, 0.2) is 48.5 Å². The minimum atomic E-state index is -0.346. The molecule has 152 valence electrons. The van der Waals surface area contributed by atoms with E-state index >= 15 is 0 Å². The second kappa shape index (κ2) is 8.03. The van der Waals surface area contributed by atoms with E-state index in [0.29, 0.717) is 30.2 Å². The highest BCUT2D eigenvalue weighted by atomic mass is 35.5. The molecule has 1 heterocycles. The Morgan fingerprint density at radius 1 is 1.10 bits per heavy atom. The van der Waals surface area contributed by atoms with Crippen molar-refractivity contribution >= 4 is 23.5 Å². The first-order valence-corrected chi connectivity index (χ1v) is 10.1. The van der Waals surface area contributed by atoms with E-state index in [-0.39, 0.29) is 29.2 Å². The SMILES string of the molecule is O=C(NCc1ccc(Cl)cc1)NC1CC2(CCN(C(=O)c3ccc(F)cc3)C2)C1. The first kappa shape index (κ1) is 19.7. The molecule has 0 atom stereocenters. The molecule has 2 aromatic carbocycles. The molecular formula is C22H23ClFN3O2. The molecule has 2 aromatic rings. The van der Waals surface area contributed by atoms with Crippen molar-refractivity contribution in [2.75, 3.05) is 13.1 Å². The van der Waals surface area contributed by atoms with Gasteiger partial charge < -0.3 is 15.5 Å². The van der Waals surface area contributed by atoms with E-state index in [0.717, 1.165) is 24.8 Å². The van der Waals surface area contributed by atoms with Crippen molar-refractivity contribution in [3.63, 3.8) is 0 Å². The fourth-order valence-electron chi connectivity index (χ4n) is 4.33. The van der Waals surface area contributed by atoms with Crippen molar-refractivity contribution < 1.29 is 14.0 Å². The lowest BCUT2D eigenvalue weighted by atomic mass is 9.65. The van der Waals surface area contributed by atoms with Crippen LogP contribution >= 0.6 is 11.6 Å². The molecule has 5 nitrogen and oxygen atoms in total. The summed E-state index contributed by atoms with van der Waals surface area (Å²) in [6.07, 6.45) is 2.67. The van der Waals surface area contributed by atoms with Crippen LogP contribution in [-0.4, -0.2) is 36.0 Å². The van der Waals surface area contributed by atoms with Crippen LogP contribution in [0.3, 0.4) is 0 Å². The fourth-order valence-corrected chi connectivity index (χ4v) is 4.45. The van der Waals surface area contributed by atoms with Gasteiger partial charge >= 0.3 is 6.03 Å². The van der Waals surface area contributed by atoms with E-state index in [1.807, 2.05) is 17.0 Å². The van der Waals surface area contributed by atoms with Crippen LogP contribution in [0.2, 0.25) is 5.02 Å². The molecule has 7 heteroatoms. The number of urea groups is 1. The summed E-state index contributed by atoms with van der Waals surface area (Å²) < 4.78 is 13.1. The van der Waals surface area contributed by atoms with Gasteiger partial charge in [0.05, 0.1) is 0 Å². The summed E-state index contributed by atoms with van der Waals surface area (Å²) in [6.45, 7) is 1.83. The molecule has 1 aliphatic carbocycles. The van der Waals surface area contributed by atoms with Gasteiger partial charge in [-0.1, -0.05) is 23.7 Å². The predicted molar refractivity (Wildman–Crippen MR) is 109 cm³/mol. The molecule has 0 radical (unpaired) electrons. The first-order valence-electron chi connectivity index (χ1n) is 9.76. The lowest BCUT2D eigenvalue weighted by Gasteiger charge is -2.45. The van der Waals surface area contributed by atoms with E-state index in [2.05, 4.69) is 10.6 Å². The van der Waals surface area contributed by atoms with E-state index < -0.39 is 0 Å². The zero-order valence-corrected chi connectivity index (χ0v) is 16.7. The number of amides is 3. The number of carbonyl (C=O) groups is 2. The highest BCUT2D eigenvalue weighted by Gasteiger charge is 2.49. The maximum absolute atomic E-state index is 13.1. The lowest BCUT2D eigenvalue weighted by Crippen LogP contribution is -2.54. The Bertz CT molecular complexity index is 895.